The molecule has 1 unspecified atom stereocenters. The second kappa shape index (κ2) is 16.2. The van der Waals surface area contributed by atoms with Crippen molar-refractivity contribution in [2.24, 2.45) is 10.7 Å². The number of alkyl halides is 2. The quantitative estimate of drug-likeness (QED) is 0.115. The van der Waals surface area contributed by atoms with Crippen LogP contribution in [0.2, 0.25) is 0 Å². The number of hydrogen-bond acceptors (Lipinski definition) is 10. The number of anilines is 5. The molecule has 298 valence electrons. The summed E-state index contributed by atoms with van der Waals surface area (Å²) in [6.45, 7) is 4.64. The number of nitrogens with two attached hydrogens (primary N) is 1. The summed E-state index contributed by atoms with van der Waals surface area (Å²) in [6, 6.07) is 14.2. The molecule has 0 aromatic heterocycles. The number of carbonyl (C=O) groups is 4. The molecule has 3 aromatic carbocycles. The van der Waals surface area contributed by atoms with Crippen LogP contribution in [0.15, 0.2) is 65.3 Å². The Bertz CT molecular complexity index is 2190. The molecule has 4 aliphatic heterocycles. The van der Waals surface area contributed by atoms with Crippen molar-refractivity contribution in [3.8, 4) is 0 Å². The summed E-state index contributed by atoms with van der Waals surface area (Å²) in [7, 11) is 5.80. The zero-order chi connectivity index (χ0) is 40.5. The second-order valence-electron chi connectivity index (χ2n) is 15.3. The highest BCUT2D eigenvalue weighted by atomic mass is 19.3. The third-order valence-corrected chi connectivity index (χ3v) is 11.4. The van der Waals surface area contributed by atoms with Gasteiger partial charge < -0.3 is 30.2 Å². The highest BCUT2D eigenvalue weighted by molar-refractivity contribution is 6.11. The molecule has 4 heterocycles. The van der Waals surface area contributed by atoms with E-state index in [1.54, 1.807) is 30.2 Å². The summed E-state index contributed by atoms with van der Waals surface area (Å²) < 4.78 is 30.0. The van der Waals surface area contributed by atoms with Crippen LogP contribution in [0, 0.1) is 0 Å². The summed E-state index contributed by atoms with van der Waals surface area (Å²) in [5.41, 5.74) is 13.6. The molecule has 14 heteroatoms. The Morgan fingerprint density at radius 1 is 0.982 bits per heavy atom. The molecule has 57 heavy (non-hydrogen) atoms. The minimum Gasteiger partial charge on any atom is -0.404 e. The molecular formula is C43H48F2N8O4. The number of likely N-dealkylation sites (N-methyl/N-ethyl adjacent to an activating group) is 1. The second-order valence-corrected chi connectivity index (χ2v) is 15.3. The van der Waals surface area contributed by atoms with E-state index in [9.17, 15) is 28.0 Å². The lowest BCUT2D eigenvalue weighted by atomic mass is 9.96. The molecule has 0 radical (unpaired) electrons. The Hall–Kier alpha value is -6.05. The normalized spacial score (nSPS) is 19.4. The van der Waals surface area contributed by atoms with Gasteiger partial charge in [-0.3, -0.25) is 29.5 Å². The molecule has 0 bridgehead atoms. The topological polar surface area (TPSA) is 135 Å². The van der Waals surface area contributed by atoms with E-state index < -0.39 is 18.4 Å². The third-order valence-electron chi connectivity index (χ3n) is 11.4. The van der Waals surface area contributed by atoms with Gasteiger partial charge >= 0.3 is 0 Å². The first kappa shape index (κ1) is 39.2. The molecule has 4 aliphatic rings. The predicted octanol–water partition coefficient (Wildman–Crippen LogP) is 5.68. The van der Waals surface area contributed by atoms with Crippen LogP contribution >= 0.6 is 0 Å². The van der Waals surface area contributed by atoms with Gasteiger partial charge in [0.25, 0.3) is 12.3 Å². The average molecular weight is 779 g/mol. The fraction of sp³-hybridized carbons (Fsp3) is 0.372. The van der Waals surface area contributed by atoms with Crippen molar-refractivity contribution in [1.29, 1.82) is 0 Å². The number of nitrogens with one attached hydrogen (secondary N) is 1. The Balaban J connectivity index is 1.08. The van der Waals surface area contributed by atoms with Gasteiger partial charge in [-0.15, -0.1) is 0 Å². The average Bonchev–Trinajstić information content (AvgIpc) is 3.53. The van der Waals surface area contributed by atoms with Gasteiger partial charge in [-0.25, -0.2) is 8.78 Å². The summed E-state index contributed by atoms with van der Waals surface area (Å²) in [5.74, 6) is -0.959. The van der Waals surface area contributed by atoms with Crippen LogP contribution in [0.3, 0.4) is 0 Å². The SMILES string of the molecule is C/C(C=O)=C/c1c(N(C)C)cccc1N1CCN(C)c2cc(/C(C=NC3CCN(c4ccc5c(c4)CN(C4CCC(=O)NC4=O)C5=O)CC3)=C/N)c(C(F)F)cc21. The van der Waals surface area contributed by atoms with Crippen LogP contribution in [0.25, 0.3) is 11.6 Å². The van der Waals surface area contributed by atoms with E-state index in [2.05, 4.69) is 15.1 Å². The molecule has 1 atom stereocenters. The van der Waals surface area contributed by atoms with E-state index >= 15 is 0 Å². The monoisotopic (exact) mass is 778 g/mol. The number of fused-ring (bicyclic) bond motifs is 2. The van der Waals surface area contributed by atoms with Gasteiger partial charge in [0.05, 0.1) is 23.1 Å². The first-order chi connectivity index (χ1) is 27.4. The van der Waals surface area contributed by atoms with E-state index in [1.165, 1.54) is 6.20 Å². The van der Waals surface area contributed by atoms with Crippen molar-refractivity contribution in [3.05, 3.63) is 88.1 Å². The number of aliphatic imine (C=N–C) groups is 1. The summed E-state index contributed by atoms with van der Waals surface area (Å²) in [6.07, 6.45) is 4.77. The Morgan fingerprint density at radius 2 is 1.75 bits per heavy atom. The van der Waals surface area contributed by atoms with Crippen molar-refractivity contribution >= 4 is 70.3 Å². The summed E-state index contributed by atoms with van der Waals surface area (Å²) >= 11 is 0. The zero-order valence-electron chi connectivity index (χ0n) is 32.7. The van der Waals surface area contributed by atoms with Gasteiger partial charge in [0.1, 0.15) is 12.3 Å². The fourth-order valence-electron chi connectivity index (χ4n) is 8.28. The third kappa shape index (κ3) is 7.72. The number of benzene rings is 3. The van der Waals surface area contributed by atoms with Gasteiger partial charge in [-0.05, 0) is 91.4 Å². The first-order valence-electron chi connectivity index (χ1n) is 19.2. The van der Waals surface area contributed by atoms with Crippen LogP contribution in [0.1, 0.15) is 71.6 Å². The summed E-state index contributed by atoms with van der Waals surface area (Å²) in [4.78, 5) is 63.6. The minimum absolute atomic E-state index is 0.0497. The first-order valence-corrected chi connectivity index (χ1v) is 19.2. The van der Waals surface area contributed by atoms with E-state index in [0.717, 1.165) is 53.0 Å². The molecule has 0 spiro atoms. The molecule has 3 aromatic rings. The molecule has 3 amide bonds. The number of rotatable bonds is 10. The molecule has 0 aliphatic carbocycles. The number of amides is 3. The predicted molar refractivity (Wildman–Crippen MR) is 221 cm³/mol. The molecule has 3 N–H and O–H groups in total. The van der Waals surface area contributed by atoms with Crippen molar-refractivity contribution in [2.75, 3.05) is 66.9 Å². The molecule has 12 nitrogen and oxygen atoms in total. The Morgan fingerprint density at radius 3 is 2.44 bits per heavy atom. The number of imide groups is 1. The number of halogens is 2. The number of nitrogens with zero attached hydrogens (tertiary/aromatic N) is 6. The van der Waals surface area contributed by atoms with Crippen LogP contribution in [0.4, 0.5) is 37.2 Å². The number of carbonyl (C=O) groups excluding carboxylic acids is 4. The van der Waals surface area contributed by atoms with Crippen LogP contribution < -0.4 is 30.7 Å². The number of aldehydes is 1. The molecule has 7 rings (SSSR count). The Kier molecular flexibility index (Phi) is 11.1. The lowest BCUT2D eigenvalue weighted by Crippen LogP contribution is -2.52. The maximum atomic E-state index is 15.0. The van der Waals surface area contributed by atoms with E-state index in [4.69, 9.17) is 10.7 Å². The van der Waals surface area contributed by atoms with Gasteiger partial charge in [0, 0.05) is 106 Å². The van der Waals surface area contributed by atoms with Crippen molar-refractivity contribution < 1.29 is 28.0 Å². The highest BCUT2D eigenvalue weighted by Crippen LogP contribution is 2.45. The lowest BCUT2D eigenvalue weighted by Gasteiger charge is -2.39. The van der Waals surface area contributed by atoms with Crippen molar-refractivity contribution in [1.82, 2.24) is 10.2 Å². The highest BCUT2D eigenvalue weighted by Gasteiger charge is 2.39. The van der Waals surface area contributed by atoms with Gasteiger partial charge in [0.15, 0.2) is 0 Å². The lowest BCUT2D eigenvalue weighted by molar-refractivity contribution is -0.136. The standard InChI is InChI=1S/C43H48F2N8O4/c1-26(25-54)18-34-35(49(2)3)6-5-7-36(34)52-17-16-50(4)38-20-32(33(41(44)45)21-39(38)52)28(22-46)23-47-29-12-14-51(15-13-29)30-8-9-31-27(19-30)24-53(43(31)57)37-10-11-40(55)48-42(37)56/h5-9,18-23,25,29,37,41H,10-17,24,46H2,1-4H3,(H,48,55,56)/b26-18-,28-22+,47-23?. The fourth-order valence-corrected chi connectivity index (χ4v) is 8.28. The maximum Gasteiger partial charge on any atom is 0.264 e. The number of allylic oxidation sites excluding steroid dienone is 2. The van der Waals surface area contributed by atoms with E-state index in [1.807, 2.05) is 73.4 Å². The zero-order valence-corrected chi connectivity index (χ0v) is 32.7. The number of hydrogen-bond donors (Lipinski definition) is 2. The van der Waals surface area contributed by atoms with Gasteiger partial charge in [0.2, 0.25) is 11.8 Å². The van der Waals surface area contributed by atoms with E-state index in [0.29, 0.717) is 67.1 Å². The smallest absolute Gasteiger partial charge is 0.264 e. The van der Waals surface area contributed by atoms with Crippen LogP contribution in [-0.2, 0) is 20.9 Å². The van der Waals surface area contributed by atoms with Crippen molar-refractivity contribution in [2.45, 2.75) is 57.7 Å². The Labute approximate surface area is 331 Å². The number of piperidine rings is 2. The largest absolute Gasteiger partial charge is 0.404 e. The molecule has 2 saturated heterocycles. The molecular weight excluding hydrogens is 731 g/mol. The van der Waals surface area contributed by atoms with Crippen molar-refractivity contribution in [3.63, 3.8) is 0 Å². The minimum atomic E-state index is -2.78. The van der Waals surface area contributed by atoms with Crippen LogP contribution in [0.5, 0.6) is 0 Å². The maximum absolute atomic E-state index is 15.0. The van der Waals surface area contributed by atoms with Gasteiger partial charge in [-0.1, -0.05) is 6.07 Å². The molecule has 2 fully saturated rings. The van der Waals surface area contributed by atoms with Gasteiger partial charge in [-0.2, -0.15) is 0 Å². The molecule has 0 saturated carbocycles. The van der Waals surface area contributed by atoms with Crippen LogP contribution in [-0.4, -0.2) is 94.5 Å². The summed E-state index contributed by atoms with van der Waals surface area (Å²) in [5, 5.41) is 2.34. The van der Waals surface area contributed by atoms with E-state index in [-0.39, 0.29) is 29.8 Å².